The van der Waals surface area contributed by atoms with E-state index < -0.39 is 24.3 Å². The molecule has 3 aliphatic heterocycles. The number of likely N-dealkylation sites (tertiary alicyclic amines) is 1. The Hall–Kier alpha value is -2.86. The number of rotatable bonds is 7. The molecular weight excluding hydrogens is 506 g/mol. The van der Waals surface area contributed by atoms with Crippen molar-refractivity contribution < 1.29 is 24.2 Å². The number of aromatic nitrogens is 1. The van der Waals surface area contributed by atoms with Gasteiger partial charge in [-0.1, -0.05) is 32.4 Å². The summed E-state index contributed by atoms with van der Waals surface area (Å²) in [5, 5.41) is 16.2. The summed E-state index contributed by atoms with van der Waals surface area (Å²) in [7, 11) is 2.13. The van der Waals surface area contributed by atoms with Gasteiger partial charge in [0.2, 0.25) is 5.91 Å². The van der Waals surface area contributed by atoms with Crippen LogP contribution >= 0.6 is 11.3 Å². The minimum Gasteiger partial charge on any atom is -0.388 e. The zero-order valence-electron chi connectivity index (χ0n) is 22.0. The zero-order chi connectivity index (χ0) is 27.0. The molecule has 2 aromatic rings. The molecule has 1 aromatic heterocycles. The second-order valence-corrected chi connectivity index (χ2v) is 11.3. The predicted molar refractivity (Wildman–Crippen MR) is 144 cm³/mol. The molecule has 5 rings (SSSR count). The highest BCUT2D eigenvalue weighted by Gasteiger charge is 2.53. The molecule has 2 amide bonds. The third kappa shape index (κ3) is 5.20. The van der Waals surface area contributed by atoms with Crippen LogP contribution in [0.15, 0.2) is 29.6 Å². The summed E-state index contributed by atoms with van der Waals surface area (Å²) in [5.74, 6) is -1.12. The van der Waals surface area contributed by atoms with Crippen LogP contribution in [0.25, 0.3) is 11.3 Å². The molecule has 4 heterocycles. The number of carbonyl (C=O) groups is 3. The Balaban J connectivity index is 1.27. The predicted octanol–water partition coefficient (Wildman–Crippen LogP) is 1.25. The molecule has 5 atom stereocenters. The number of piperazine rings is 1. The largest absolute Gasteiger partial charge is 0.388 e. The summed E-state index contributed by atoms with van der Waals surface area (Å²) in [6, 6.07) is 5.59. The van der Waals surface area contributed by atoms with Crippen LogP contribution < -0.4 is 10.2 Å². The number of Topliss-reactive ketones (excluding diaryl/α,β-unsaturated/α-hetero) is 1. The van der Waals surface area contributed by atoms with Gasteiger partial charge >= 0.3 is 0 Å². The number of benzene rings is 1. The van der Waals surface area contributed by atoms with Crippen molar-refractivity contribution in [2.45, 2.75) is 44.6 Å². The van der Waals surface area contributed by atoms with Gasteiger partial charge in [-0.25, -0.2) is 4.98 Å². The number of ether oxygens (including phenoxy) is 1. The first-order valence-corrected chi connectivity index (χ1v) is 14.1. The van der Waals surface area contributed by atoms with E-state index >= 15 is 0 Å². The van der Waals surface area contributed by atoms with Gasteiger partial charge < -0.3 is 29.9 Å². The SMILES string of the molecule is CC[C@H](C)[C@H](NC(=O)c1ccc(-c2csc(N3CCN(C)CC3)n2)cc1)C(=O)N1C[C@H](O)[C@H]2OCC(=O)[C@H]21. The number of β-amino-alcohol motifs (C(OH)–C–C–N with tert-alkyl or cyclic N) is 1. The number of aliphatic hydroxyl groups is 1. The van der Waals surface area contributed by atoms with Crippen LogP contribution in [-0.2, 0) is 14.3 Å². The van der Waals surface area contributed by atoms with E-state index in [1.807, 2.05) is 31.4 Å². The highest BCUT2D eigenvalue weighted by Crippen LogP contribution is 2.30. The number of anilines is 1. The number of nitrogens with one attached hydrogen (secondary N) is 1. The molecule has 3 saturated heterocycles. The molecule has 10 nitrogen and oxygen atoms in total. The molecule has 11 heteroatoms. The van der Waals surface area contributed by atoms with Gasteiger partial charge in [0.05, 0.1) is 12.2 Å². The van der Waals surface area contributed by atoms with Gasteiger partial charge in [-0.3, -0.25) is 14.4 Å². The average Bonchev–Trinajstić information content (AvgIpc) is 3.65. The zero-order valence-corrected chi connectivity index (χ0v) is 22.8. The van der Waals surface area contributed by atoms with Crippen molar-refractivity contribution in [3.8, 4) is 11.3 Å². The van der Waals surface area contributed by atoms with Crippen molar-refractivity contribution in [3.05, 3.63) is 35.2 Å². The van der Waals surface area contributed by atoms with Crippen LogP contribution in [0.1, 0.15) is 30.6 Å². The first kappa shape index (κ1) is 26.7. The molecule has 0 spiro atoms. The number of aliphatic hydroxyl groups excluding tert-OH is 1. The summed E-state index contributed by atoms with van der Waals surface area (Å²) in [5.41, 5.74) is 2.22. The Labute approximate surface area is 226 Å². The lowest BCUT2D eigenvalue weighted by atomic mass is 9.96. The van der Waals surface area contributed by atoms with E-state index in [-0.39, 0.29) is 36.7 Å². The van der Waals surface area contributed by atoms with E-state index in [1.165, 1.54) is 4.90 Å². The molecule has 1 aromatic carbocycles. The third-order valence-corrected chi connectivity index (χ3v) is 8.82. The average molecular weight is 542 g/mol. The molecule has 38 heavy (non-hydrogen) atoms. The smallest absolute Gasteiger partial charge is 0.251 e. The van der Waals surface area contributed by atoms with Gasteiger partial charge in [-0.15, -0.1) is 11.3 Å². The van der Waals surface area contributed by atoms with Crippen molar-refractivity contribution in [1.29, 1.82) is 0 Å². The summed E-state index contributed by atoms with van der Waals surface area (Å²) in [4.78, 5) is 49.9. The number of carbonyl (C=O) groups excluding carboxylic acids is 3. The fourth-order valence-corrected chi connectivity index (χ4v) is 6.16. The minimum atomic E-state index is -0.918. The molecule has 0 bridgehead atoms. The van der Waals surface area contributed by atoms with Crippen molar-refractivity contribution in [3.63, 3.8) is 0 Å². The molecule has 0 unspecified atom stereocenters. The maximum atomic E-state index is 13.5. The number of hydrogen-bond donors (Lipinski definition) is 2. The lowest BCUT2D eigenvalue weighted by Gasteiger charge is -2.32. The molecule has 0 saturated carbocycles. The normalized spacial score (nSPS) is 25.4. The summed E-state index contributed by atoms with van der Waals surface area (Å²) in [6.07, 6.45) is -0.960. The van der Waals surface area contributed by atoms with Crippen molar-refractivity contribution in [1.82, 2.24) is 20.1 Å². The summed E-state index contributed by atoms with van der Waals surface area (Å²) < 4.78 is 5.40. The van der Waals surface area contributed by atoms with Crippen LogP contribution in [0, 0.1) is 5.92 Å². The molecule has 3 fully saturated rings. The quantitative estimate of drug-likeness (QED) is 0.538. The molecule has 0 aliphatic carbocycles. The van der Waals surface area contributed by atoms with Crippen LogP contribution in [0.4, 0.5) is 5.13 Å². The number of hydrogen-bond acceptors (Lipinski definition) is 9. The lowest BCUT2D eigenvalue weighted by Crippen LogP contribution is -2.54. The Kier molecular flexibility index (Phi) is 7.80. The number of thiazole rings is 1. The Morgan fingerprint density at radius 1 is 1.21 bits per heavy atom. The summed E-state index contributed by atoms with van der Waals surface area (Å²) >= 11 is 1.62. The Morgan fingerprint density at radius 3 is 2.61 bits per heavy atom. The second-order valence-electron chi connectivity index (χ2n) is 10.5. The second kappa shape index (κ2) is 11.1. The van der Waals surface area contributed by atoms with E-state index in [0.29, 0.717) is 12.0 Å². The van der Waals surface area contributed by atoms with Crippen LogP contribution in [0.2, 0.25) is 0 Å². The molecular formula is C27H35N5O5S. The lowest BCUT2D eigenvalue weighted by molar-refractivity contribution is -0.139. The Morgan fingerprint density at radius 2 is 1.92 bits per heavy atom. The standard InChI is InChI=1S/C27H35N5O5S/c1-4-16(2)22(26(36)32-13-20(33)24-23(32)21(34)14-37-24)29-25(35)18-7-5-17(6-8-18)19-15-38-27(28-19)31-11-9-30(3)10-12-31/h5-8,15-16,20,22-24,33H,4,9-14H2,1-3H3,(H,29,35)/t16-,20-,22-,23+,24+/m0/s1. The van der Waals surface area contributed by atoms with Crippen molar-refractivity contribution in [2.24, 2.45) is 5.92 Å². The number of ketones is 1. The number of nitrogens with zero attached hydrogens (tertiary/aromatic N) is 4. The monoisotopic (exact) mass is 541 g/mol. The maximum absolute atomic E-state index is 13.5. The van der Waals surface area contributed by atoms with Crippen molar-refractivity contribution >= 4 is 34.1 Å². The van der Waals surface area contributed by atoms with Crippen LogP contribution in [0.5, 0.6) is 0 Å². The van der Waals surface area contributed by atoms with Crippen LogP contribution in [0.3, 0.4) is 0 Å². The van der Waals surface area contributed by atoms with Crippen LogP contribution in [-0.4, -0.2) is 108 Å². The highest BCUT2D eigenvalue weighted by atomic mass is 32.1. The number of likely N-dealkylation sites (N-methyl/N-ethyl adjacent to an activating group) is 1. The molecule has 0 radical (unpaired) electrons. The maximum Gasteiger partial charge on any atom is 0.251 e. The third-order valence-electron chi connectivity index (χ3n) is 7.92. The summed E-state index contributed by atoms with van der Waals surface area (Å²) in [6.45, 7) is 7.69. The molecule has 2 N–H and O–H groups in total. The van der Waals surface area contributed by atoms with Gasteiger partial charge in [0, 0.05) is 42.7 Å². The van der Waals surface area contributed by atoms with E-state index in [1.54, 1.807) is 23.5 Å². The fourth-order valence-electron chi connectivity index (χ4n) is 5.28. The van der Waals surface area contributed by atoms with E-state index in [4.69, 9.17) is 9.72 Å². The molecule has 3 aliphatic rings. The van der Waals surface area contributed by atoms with Gasteiger partial charge in [0.25, 0.3) is 5.91 Å². The van der Waals surface area contributed by atoms with Gasteiger partial charge in [-0.2, -0.15) is 0 Å². The van der Waals surface area contributed by atoms with Gasteiger partial charge in [0.1, 0.15) is 30.9 Å². The highest BCUT2D eigenvalue weighted by molar-refractivity contribution is 7.14. The van der Waals surface area contributed by atoms with Gasteiger partial charge in [0.15, 0.2) is 10.9 Å². The Bertz CT molecular complexity index is 1180. The number of amides is 2. The topological polar surface area (TPSA) is 115 Å². The van der Waals surface area contributed by atoms with E-state index in [0.717, 1.165) is 42.6 Å². The van der Waals surface area contributed by atoms with Gasteiger partial charge in [-0.05, 0) is 25.1 Å². The first-order chi connectivity index (χ1) is 18.3. The minimum absolute atomic E-state index is 0.0150. The number of fused-ring (bicyclic) bond motifs is 1. The van der Waals surface area contributed by atoms with Crippen molar-refractivity contribution in [2.75, 3.05) is 51.3 Å². The molecule has 204 valence electrons. The first-order valence-electron chi connectivity index (χ1n) is 13.2. The van der Waals surface area contributed by atoms with E-state index in [9.17, 15) is 19.5 Å². The van der Waals surface area contributed by atoms with E-state index in [2.05, 4.69) is 22.2 Å². The fraction of sp³-hybridized carbons (Fsp3) is 0.556.